The first kappa shape index (κ1) is 14.9. The number of nitrogens with zero attached hydrogens (tertiary/aromatic N) is 1. The van der Waals surface area contributed by atoms with Crippen molar-refractivity contribution in [1.29, 1.82) is 0 Å². The molecule has 0 unspecified atom stereocenters. The Morgan fingerprint density at radius 1 is 1.05 bits per heavy atom. The first-order valence-electron chi connectivity index (χ1n) is 5.94. The van der Waals surface area contributed by atoms with Gasteiger partial charge in [0.15, 0.2) is 0 Å². The molecular weight excluding hydrogens is 285 g/mol. The lowest BCUT2D eigenvalue weighted by molar-refractivity contribution is -0.141. The van der Waals surface area contributed by atoms with E-state index in [1.54, 1.807) is 0 Å². The standard InChI is InChI=1S/C14H13F3N2S/c15-14(16,17)12-7-6-11(8-18)13(19-12)20-9-10-4-2-1-3-5-10/h1-7H,8-9,18H2. The molecule has 2 rings (SSSR count). The van der Waals surface area contributed by atoms with Crippen molar-refractivity contribution in [2.24, 2.45) is 5.73 Å². The van der Waals surface area contributed by atoms with Crippen LogP contribution in [0.5, 0.6) is 0 Å². The zero-order valence-electron chi connectivity index (χ0n) is 10.5. The molecule has 0 radical (unpaired) electrons. The summed E-state index contributed by atoms with van der Waals surface area (Å²) >= 11 is 1.26. The van der Waals surface area contributed by atoms with Crippen LogP contribution < -0.4 is 5.73 Å². The van der Waals surface area contributed by atoms with Gasteiger partial charge in [0, 0.05) is 12.3 Å². The van der Waals surface area contributed by atoms with Crippen molar-refractivity contribution in [3.63, 3.8) is 0 Å². The van der Waals surface area contributed by atoms with Gasteiger partial charge in [0.1, 0.15) is 10.7 Å². The van der Waals surface area contributed by atoms with Crippen LogP contribution in [0.2, 0.25) is 0 Å². The molecule has 0 spiro atoms. The highest BCUT2D eigenvalue weighted by molar-refractivity contribution is 7.98. The Morgan fingerprint density at radius 2 is 1.75 bits per heavy atom. The van der Waals surface area contributed by atoms with Gasteiger partial charge in [-0.2, -0.15) is 13.2 Å². The molecule has 0 fully saturated rings. The number of aromatic nitrogens is 1. The second kappa shape index (κ2) is 6.28. The molecule has 0 saturated heterocycles. The molecule has 1 aromatic carbocycles. The fourth-order valence-electron chi connectivity index (χ4n) is 1.63. The van der Waals surface area contributed by atoms with E-state index in [0.717, 1.165) is 11.6 Å². The van der Waals surface area contributed by atoms with Gasteiger partial charge in [-0.15, -0.1) is 11.8 Å². The molecule has 6 heteroatoms. The average molecular weight is 298 g/mol. The Kier molecular flexibility index (Phi) is 4.67. The maximum Gasteiger partial charge on any atom is 0.433 e. The molecule has 0 atom stereocenters. The smallest absolute Gasteiger partial charge is 0.326 e. The van der Waals surface area contributed by atoms with E-state index in [1.165, 1.54) is 17.8 Å². The molecule has 0 saturated carbocycles. The number of thioether (sulfide) groups is 1. The van der Waals surface area contributed by atoms with Gasteiger partial charge >= 0.3 is 6.18 Å². The van der Waals surface area contributed by atoms with Crippen molar-refractivity contribution < 1.29 is 13.2 Å². The topological polar surface area (TPSA) is 38.9 Å². The van der Waals surface area contributed by atoms with Crippen LogP contribution in [0.1, 0.15) is 16.8 Å². The highest BCUT2D eigenvalue weighted by atomic mass is 32.2. The number of rotatable bonds is 4. The Hall–Kier alpha value is -1.53. The average Bonchev–Trinajstić information content (AvgIpc) is 2.45. The monoisotopic (exact) mass is 298 g/mol. The molecule has 106 valence electrons. The Bertz CT molecular complexity index is 570. The summed E-state index contributed by atoms with van der Waals surface area (Å²) in [5, 5.41) is 0.339. The summed E-state index contributed by atoms with van der Waals surface area (Å²) in [6.07, 6.45) is -4.44. The lowest BCUT2D eigenvalue weighted by Gasteiger charge is -2.11. The van der Waals surface area contributed by atoms with Crippen molar-refractivity contribution in [2.75, 3.05) is 0 Å². The Morgan fingerprint density at radius 3 is 2.35 bits per heavy atom. The maximum atomic E-state index is 12.7. The number of hydrogen-bond donors (Lipinski definition) is 1. The molecule has 2 nitrogen and oxygen atoms in total. The van der Waals surface area contributed by atoms with Crippen molar-refractivity contribution in [2.45, 2.75) is 23.5 Å². The fraction of sp³-hybridized carbons (Fsp3) is 0.214. The van der Waals surface area contributed by atoms with Crippen molar-refractivity contribution >= 4 is 11.8 Å². The molecular formula is C14H13F3N2S. The molecule has 20 heavy (non-hydrogen) atoms. The number of halogens is 3. The number of hydrogen-bond acceptors (Lipinski definition) is 3. The third-order valence-corrected chi connectivity index (χ3v) is 3.77. The molecule has 2 aromatic rings. The molecule has 0 amide bonds. The predicted octanol–water partition coefficient (Wildman–Crippen LogP) is 3.85. The molecule has 0 aliphatic rings. The van der Waals surface area contributed by atoms with E-state index in [1.807, 2.05) is 30.3 Å². The quantitative estimate of drug-likeness (QED) is 0.871. The van der Waals surface area contributed by atoms with E-state index >= 15 is 0 Å². The van der Waals surface area contributed by atoms with E-state index in [4.69, 9.17) is 5.73 Å². The Balaban J connectivity index is 2.21. The summed E-state index contributed by atoms with van der Waals surface area (Å²) in [7, 11) is 0. The van der Waals surface area contributed by atoms with Gasteiger partial charge < -0.3 is 5.73 Å². The molecule has 0 bridgehead atoms. The fourth-order valence-corrected chi connectivity index (χ4v) is 2.63. The number of benzene rings is 1. The molecule has 2 N–H and O–H groups in total. The highest BCUT2D eigenvalue weighted by Crippen LogP contribution is 2.31. The largest absolute Gasteiger partial charge is 0.433 e. The predicted molar refractivity (Wildman–Crippen MR) is 73.1 cm³/mol. The Labute approximate surface area is 119 Å². The van der Waals surface area contributed by atoms with Crippen LogP contribution >= 0.6 is 11.8 Å². The molecule has 0 aliphatic heterocycles. The number of alkyl halides is 3. The zero-order valence-corrected chi connectivity index (χ0v) is 11.3. The van der Waals surface area contributed by atoms with Crippen LogP contribution in [0.4, 0.5) is 13.2 Å². The second-order valence-electron chi connectivity index (χ2n) is 4.14. The third kappa shape index (κ3) is 3.74. The number of nitrogens with two attached hydrogens (primary N) is 1. The summed E-state index contributed by atoms with van der Waals surface area (Å²) in [4.78, 5) is 3.69. The third-order valence-electron chi connectivity index (χ3n) is 2.67. The van der Waals surface area contributed by atoms with Gasteiger partial charge in [-0.05, 0) is 17.2 Å². The van der Waals surface area contributed by atoms with E-state index in [-0.39, 0.29) is 6.54 Å². The molecule has 0 aliphatic carbocycles. The van der Waals surface area contributed by atoms with E-state index < -0.39 is 11.9 Å². The van der Waals surface area contributed by atoms with E-state index in [2.05, 4.69) is 4.98 Å². The molecule has 1 aromatic heterocycles. The summed E-state index contributed by atoms with van der Waals surface area (Å²) < 4.78 is 38.0. The van der Waals surface area contributed by atoms with Crippen molar-refractivity contribution in [3.8, 4) is 0 Å². The second-order valence-corrected chi connectivity index (χ2v) is 5.10. The summed E-state index contributed by atoms with van der Waals surface area (Å²) in [6.45, 7) is 0.169. The van der Waals surface area contributed by atoms with Gasteiger partial charge in [0.2, 0.25) is 0 Å². The first-order chi connectivity index (χ1) is 9.50. The van der Waals surface area contributed by atoms with Gasteiger partial charge in [-0.3, -0.25) is 0 Å². The minimum absolute atomic E-state index is 0.169. The summed E-state index contributed by atoms with van der Waals surface area (Å²) in [5.41, 5.74) is 6.31. The lowest BCUT2D eigenvalue weighted by Crippen LogP contribution is -2.10. The SMILES string of the molecule is NCc1ccc(C(F)(F)F)nc1SCc1ccccc1. The normalized spacial score (nSPS) is 11.6. The van der Waals surface area contributed by atoms with Crippen molar-refractivity contribution in [3.05, 3.63) is 59.3 Å². The number of pyridine rings is 1. The van der Waals surface area contributed by atoms with Crippen LogP contribution in [-0.4, -0.2) is 4.98 Å². The van der Waals surface area contributed by atoms with E-state index in [9.17, 15) is 13.2 Å². The van der Waals surface area contributed by atoms with Crippen LogP contribution in [0.15, 0.2) is 47.5 Å². The maximum absolute atomic E-state index is 12.7. The highest BCUT2D eigenvalue weighted by Gasteiger charge is 2.32. The minimum atomic E-state index is -4.44. The summed E-state index contributed by atoms with van der Waals surface area (Å²) in [6, 6.07) is 11.9. The van der Waals surface area contributed by atoms with Crippen LogP contribution in [0.25, 0.3) is 0 Å². The van der Waals surface area contributed by atoms with Gasteiger partial charge in [-0.25, -0.2) is 4.98 Å². The zero-order chi connectivity index (χ0) is 14.6. The van der Waals surface area contributed by atoms with Crippen LogP contribution in [0.3, 0.4) is 0 Å². The van der Waals surface area contributed by atoms with Gasteiger partial charge in [0.05, 0.1) is 0 Å². The minimum Gasteiger partial charge on any atom is -0.326 e. The summed E-state index contributed by atoms with van der Waals surface area (Å²) in [5.74, 6) is 0.558. The van der Waals surface area contributed by atoms with Crippen LogP contribution in [0, 0.1) is 0 Å². The van der Waals surface area contributed by atoms with Crippen LogP contribution in [-0.2, 0) is 18.5 Å². The lowest BCUT2D eigenvalue weighted by atomic mass is 10.2. The first-order valence-corrected chi connectivity index (χ1v) is 6.93. The van der Waals surface area contributed by atoms with Gasteiger partial charge in [-0.1, -0.05) is 36.4 Å². The van der Waals surface area contributed by atoms with E-state index in [0.29, 0.717) is 16.3 Å². The van der Waals surface area contributed by atoms with Gasteiger partial charge in [0.25, 0.3) is 0 Å². The van der Waals surface area contributed by atoms with Crippen molar-refractivity contribution in [1.82, 2.24) is 4.98 Å². The molecule has 1 heterocycles.